The topological polar surface area (TPSA) is 77.3 Å². The van der Waals surface area contributed by atoms with Crippen LogP contribution in [0.5, 0.6) is 0 Å². The van der Waals surface area contributed by atoms with Gasteiger partial charge in [0.15, 0.2) is 0 Å². The summed E-state index contributed by atoms with van der Waals surface area (Å²) in [5, 5.41) is 9.39. The fourth-order valence-corrected chi connectivity index (χ4v) is 2.98. The number of hydrogen-bond donors (Lipinski definition) is 0. The number of rotatable bonds is 8. The molecule has 30 heavy (non-hydrogen) atoms. The van der Waals surface area contributed by atoms with E-state index in [1.807, 2.05) is 6.92 Å². The minimum Gasteiger partial charge on any atom is -0.320 e. The zero-order valence-electron chi connectivity index (χ0n) is 18.1. The van der Waals surface area contributed by atoms with Crippen molar-refractivity contribution in [2.45, 2.75) is 47.6 Å². The maximum Gasteiger partial charge on any atom is 0.277 e. The summed E-state index contributed by atoms with van der Waals surface area (Å²) in [6.07, 6.45) is 2.12. The molecule has 7 heteroatoms. The molecule has 158 valence electrons. The molecule has 0 aliphatic carbocycles. The van der Waals surface area contributed by atoms with Gasteiger partial charge in [0.05, 0.1) is 29.0 Å². The molecule has 0 aromatic carbocycles. The van der Waals surface area contributed by atoms with Crippen molar-refractivity contribution in [2.75, 3.05) is 6.54 Å². The van der Waals surface area contributed by atoms with Crippen molar-refractivity contribution < 1.29 is 9.59 Å². The van der Waals surface area contributed by atoms with Gasteiger partial charge in [-0.15, -0.1) is 5.92 Å². The Bertz CT molecular complexity index is 946. The molecule has 1 unspecified atom stereocenters. The highest BCUT2D eigenvalue weighted by Gasteiger charge is 2.32. The number of aromatic nitrogens is 1. The summed E-state index contributed by atoms with van der Waals surface area (Å²) in [6, 6.07) is 5.33. The Morgan fingerprint density at radius 1 is 1.33 bits per heavy atom. The number of nitriles is 1. The number of amides is 2. The molecular formula is C23H27BrN4O2. The molecule has 2 amide bonds. The van der Waals surface area contributed by atoms with E-state index >= 15 is 0 Å². The lowest BCUT2D eigenvalue weighted by atomic mass is 10.1. The third-order valence-electron chi connectivity index (χ3n) is 4.52. The molecule has 1 atom stereocenters. The van der Waals surface area contributed by atoms with Crippen molar-refractivity contribution in [3.8, 4) is 17.9 Å². The Kier molecular flexibility index (Phi) is 10.0. The normalized spacial score (nSPS) is 10.7. The van der Waals surface area contributed by atoms with Gasteiger partial charge in [-0.05, 0) is 60.8 Å². The molecule has 0 bridgehead atoms. The summed E-state index contributed by atoms with van der Waals surface area (Å²) in [7, 11) is 0. The Labute approximate surface area is 187 Å². The highest BCUT2D eigenvalue weighted by molar-refractivity contribution is 9.11. The largest absolute Gasteiger partial charge is 0.320 e. The van der Waals surface area contributed by atoms with Gasteiger partial charge in [0.2, 0.25) is 5.91 Å². The second-order valence-electron chi connectivity index (χ2n) is 6.89. The van der Waals surface area contributed by atoms with E-state index in [1.165, 1.54) is 11.1 Å². The van der Waals surface area contributed by atoms with Gasteiger partial charge in [0, 0.05) is 12.1 Å². The lowest BCUT2D eigenvalue weighted by molar-refractivity contribution is -0.146. The second kappa shape index (κ2) is 11.9. The molecule has 0 saturated heterocycles. The van der Waals surface area contributed by atoms with Crippen LogP contribution in [-0.2, 0) is 16.1 Å². The first-order valence-electron chi connectivity index (χ1n) is 9.58. The van der Waals surface area contributed by atoms with Crippen LogP contribution < -0.4 is 0 Å². The highest BCUT2D eigenvalue weighted by atomic mass is 79.9. The highest BCUT2D eigenvalue weighted by Crippen LogP contribution is 2.24. The first-order chi connectivity index (χ1) is 14.2. The van der Waals surface area contributed by atoms with Gasteiger partial charge < -0.3 is 4.90 Å². The Hall–Kier alpha value is -2.90. The van der Waals surface area contributed by atoms with Crippen molar-refractivity contribution in [3.05, 3.63) is 52.0 Å². The average Bonchev–Trinajstić information content (AvgIpc) is 2.73. The molecule has 1 rings (SSSR count). The van der Waals surface area contributed by atoms with E-state index < -0.39 is 5.91 Å². The zero-order chi connectivity index (χ0) is 22.8. The zero-order valence-corrected chi connectivity index (χ0v) is 19.7. The van der Waals surface area contributed by atoms with E-state index in [9.17, 15) is 14.9 Å². The molecular weight excluding hydrogens is 444 g/mol. The van der Waals surface area contributed by atoms with Crippen LogP contribution in [0.1, 0.15) is 52.3 Å². The Morgan fingerprint density at radius 2 is 2.00 bits per heavy atom. The summed E-state index contributed by atoms with van der Waals surface area (Å²) in [6.45, 7) is 13.0. The summed E-state index contributed by atoms with van der Waals surface area (Å²) in [5.74, 6) is 4.57. The van der Waals surface area contributed by atoms with Gasteiger partial charge in [0.25, 0.3) is 5.91 Å². The Morgan fingerprint density at radius 3 is 2.50 bits per heavy atom. The average molecular weight is 471 g/mol. The molecule has 1 heterocycles. The lowest BCUT2D eigenvalue weighted by Gasteiger charge is -2.30. The molecule has 6 nitrogen and oxygen atoms in total. The molecule has 0 N–H and O–H groups in total. The first-order valence-corrected chi connectivity index (χ1v) is 10.4. The molecule has 0 aliphatic heterocycles. The molecule has 1 aromatic heterocycles. The van der Waals surface area contributed by atoms with Crippen LogP contribution in [-0.4, -0.2) is 33.1 Å². The number of carbonyl (C=O) groups is 2. The summed E-state index contributed by atoms with van der Waals surface area (Å²) in [4.78, 5) is 33.8. The number of imide groups is 1. The second-order valence-corrected chi connectivity index (χ2v) is 7.80. The summed E-state index contributed by atoms with van der Waals surface area (Å²) < 4.78 is 0.460. The van der Waals surface area contributed by atoms with Gasteiger partial charge in [-0.1, -0.05) is 26.3 Å². The van der Waals surface area contributed by atoms with Crippen LogP contribution in [0.4, 0.5) is 0 Å². The minimum atomic E-state index is -0.478. The van der Waals surface area contributed by atoms with E-state index in [-0.39, 0.29) is 24.9 Å². The van der Waals surface area contributed by atoms with E-state index in [4.69, 9.17) is 0 Å². The van der Waals surface area contributed by atoms with Gasteiger partial charge in [-0.2, -0.15) is 5.26 Å². The number of halogens is 1. The van der Waals surface area contributed by atoms with Gasteiger partial charge >= 0.3 is 0 Å². The van der Waals surface area contributed by atoms with Gasteiger partial charge in [-0.25, -0.2) is 0 Å². The lowest BCUT2D eigenvalue weighted by Crippen LogP contribution is -2.44. The van der Waals surface area contributed by atoms with Crippen molar-refractivity contribution in [2.24, 2.45) is 5.92 Å². The van der Waals surface area contributed by atoms with E-state index in [1.54, 1.807) is 44.7 Å². The van der Waals surface area contributed by atoms with Crippen LogP contribution in [0, 0.1) is 29.1 Å². The van der Waals surface area contributed by atoms with Crippen molar-refractivity contribution in [3.63, 3.8) is 0 Å². The molecule has 0 aliphatic rings. The summed E-state index contributed by atoms with van der Waals surface area (Å²) in [5.41, 5.74) is 1.72. The number of allylic oxidation sites excluding steroid dienone is 1. The maximum absolute atomic E-state index is 13.6. The van der Waals surface area contributed by atoms with Crippen LogP contribution in [0.3, 0.4) is 0 Å². The SMILES string of the molecule is C=C(Br)N(CC#CC)C(C(=O)N(Cc1ncccc1C#N)C(=O)C(C)CC)=C(C)C. The molecule has 0 spiro atoms. The number of nitrogens with zero attached hydrogens (tertiary/aromatic N) is 4. The fraction of sp³-hybridized carbons (Fsp3) is 0.391. The molecule has 0 saturated carbocycles. The number of pyridine rings is 1. The third-order valence-corrected chi connectivity index (χ3v) is 4.94. The maximum atomic E-state index is 13.6. The number of hydrogen-bond acceptors (Lipinski definition) is 5. The summed E-state index contributed by atoms with van der Waals surface area (Å²) >= 11 is 3.35. The predicted octanol–water partition coefficient (Wildman–Crippen LogP) is 4.34. The van der Waals surface area contributed by atoms with Crippen LogP contribution >= 0.6 is 15.9 Å². The van der Waals surface area contributed by atoms with E-state index in [2.05, 4.69) is 45.4 Å². The third kappa shape index (κ3) is 6.30. The fourth-order valence-electron chi connectivity index (χ4n) is 2.68. The minimum absolute atomic E-state index is 0.0927. The first kappa shape index (κ1) is 25.1. The van der Waals surface area contributed by atoms with Crippen molar-refractivity contribution in [1.82, 2.24) is 14.8 Å². The quantitative estimate of drug-likeness (QED) is 0.320. The molecule has 1 aromatic rings. The Balaban J connectivity index is 3.52. The smallest absolute Gasteiger partial charge is 0.277 e. The van der Waals surface area contributed by atoms with Crippen molar-refractivity contribution in [1.29, 1.82) is 5.26 Å². The van der Waals surface area contributed by atoms with Crippen LogP contribution in [0.25, 0.3) is 0 Å². The number of carbonyl (C=O) groups excluding carboxylic acids is 2. The predicted molar refractivity (Wildman–Crippen MR) is 121 cm³/mol. The van der Waals surface area contributed by atoms with Gasteiger partial charge in [-0.3, -0.25) is 19.5 Å². The standard InChI is InChI=1S/C23H27BrN4O2/c1-7-9-13-27(18(6)24)21(16(3)4)23(30)28(22(29)17(5)8-2)15-20-19(14-25)11-10-12-26-20/h10-12,17H,6,8,13,15H2,1-5H3. The van der Waals surface area contributed by atoms with Crippen LogP contribution in [0.15, 0.2) is 40.8 Å². The molecule has 0 radical (unpaired) electrons. The van der Waals surface area contributed by atoms with E-state index in [0.717, 1.165) is 0 Å². The van der Waals surface area contributed by atoms with Crippen molar-refractivity contribution >= 4 is 27.7 Å². The monoisotopic (exact) mass is 470 g/mol. The van der Waals surface area contributed by atoms with E-state index in [0.29, 0.717) is 33.6 Å². The molecule has 0 fully saturated rings. The van der Waals surface area contributed by atoms with Gasteiger partial charge in [0.1, 0.15) is 11.8 Å². The van der Waals surface area contributed by atoms with Crippen LogP contribution in [0.2, 0.25) is 0 Å².